The fraction of sp³-hybridized carbons (Fsp3) is 0.417. The summed E-state index contributed by atoms with van der Waals surface area (Å²) >= 11 is 0. The van der Waals surface area contributed by atoms with E-state index in [0.717, 1.165) is 0 Å². The van der Waals surface area contributed by atoms with Crippen molar-refractivity contribution in [3.63, 3.8) is 0 Å². The van der Waals surface area contributed by atoms with Gasteiger partial charge in [-0.2, -0.15) is 0 Å². The van der Waals surface area contributed by atoms with Crippen molar-refractivity contribution in [1.82, 2.24) is 5.32 Å². The van der Waals surface area contributed by atoms with Crippen LogP contribution in [0, 0.1) is 0 Å². The van der Waals surface area contributed by atoms with Crippen LogP contribution >= 0.6 is 12.4 Å². The second-order valence-electron chi connectivity index (χ2n) is 3.76. The average molecular weight is 243 g/mol. The lowest BCUT2D eigenvalue weighted by Gasteiger charge is -2.21. The first kappa shape index (κ1) is 14.9. The van der Waals surface area contributed by atoms with E-state index < -0.39 is 0 Å². The molecule has 0 fully saturated rings. The van der Waals surface area contributed by atoms with E-state index in [1.54, 1.807) is 0 Å². The Kier molecular flexibility index (Phi) is 6.77. The molecular weight excluding hydrogens is 224 g/mol. The van der Waals surface area contributed by atoms with Crippen molar-refractivity contribution in [2.45, 2.75) is 25.8 Å². The standard InChI is InChI=1S/C12H18N2O.ClH/c1-9(10(2)14-12(15)8-13)11-6-4-3-5-7-11;/h3-7,9-10H,8,13H2,1-2H3,(H,14,15);1H. The van der Waals surface area contributed by atoms with Gasteiger partial charge in [0.15, 0.2) is 0 Å². The maximum Gasteiger partial charge on any atom is 0.233 e. The van der Waals surface area contributed by atoms with Gasteiger partial charge in [0.25, 0.3) is 0 Å². The van der Waals surface area contributed by atoms with Crippen LogP contribution in [0.5, 0.6) is 0 Å². The van der Waals surface area contributed by atoms with E-state index in [1.807, 2.05) is 25.1 Å². The van der Waals surface area contributed by atoms with Gasteiger partial charge in [-0.15, -0.1) is 12.4 Å². The minimum absolute atomic E-state index is 0. The summed E-state index contributed by atoms with van der Waals surface area (Å²) in [6.07, 6.45) is 0. The van der Waals surface area contributed by atoms with Gasteiger partial charge in [-0.05, 0) is 12.5 Å². The monoisotopic (exact) mass is 242 g/mol. The SMILES string of the molecule is CC(NC(=O)CN)C(C)c1ccccc1.Cl. The molecular formula is C12H19ClN2O. The van der Waals surface area contributed by atoms with E-state index in [2.05, 4.69) is 24.4 Å². The van der Waals surface area contributed by atoms with Crippen LogP contribution in [-0.2, 0) is 4.79 Å². The van der Waals surface area contributed by atoms with E-state index >= 15 is 0 Å². The molecule has 3 N–H and O–H groups in total. The number of carbonyl (C=O) groups is 1. The van der Waals surface area contributed by atoms with Crippen LogP contribution in [0.3, 0.4) is 0 Å². The Hall–Kier alpha value is -1.06. The molecule has 2 unspecified atom stereocenters. The third kappa shape index (κ3) is 4.21. The molecule has 0 aliphatic rings. The summed E-state index contributed by atoms with van der Waals surface area (Å²) < 4.78 is 0. The third-order valence-electron chi connectivity index (χ3n) is 2.65. The van der Waals surface area contributed by atoms with Crippen molar-refractivity contribution in [3.8, 4) is 0 Å². The number of hydrogen-bond donors (Lipinski definition) is 2. The highest BCUT2D eigenvalue weighted by atomic mass is 35.5. The van der Waals surface area contributed by atoms with Gasteiger partial charge in [-0.25, -0.2) is 0 Å². The topological polar surface area (TPSA) is 55.1 Å². The lowest BCUT2D eigenvalue weighted by molar-refractivity contribution is -0.120. The number of benzene rings is 1. The van der Waals surface area contributed by atoms with Crippen LogP contribution in [-0.4, -0.2) is 18.5 Å². The maximum absolute atomic E-state index is 11.1. The lowest BCUT2D eigenvalue weighted by Crippen LogP contribution is -2.39. The molecule has 1 rings (SSSR count). The Bertz CT molecular complexity index is 316. The Labute approximate surface area is 103 Å². The van der Waals surface area contributed by atoms with Crippen LogP contribution < -0.4 is 11.1 Å². The summed E-state index contributed by atoms with van der Waals surface area (Å²) in [6.45, 7) is 4.13. The number of carbonyl (C=O) groups excluding carboxylic acids is 1. The summed E-state index contributed by atoms with van der Waals surface area (Å²) in [5.74, 6) is 0.187. The highest BCUT2D eigenvalue weighted by Gasteiger charge is 2.15. The lowest BCUT2D eigenvalue weighted by atomic mass is 9.94. The molecule has 3 nitrogen and oxygen atoms in total. The molecule has 2 atom stereocenters. The van der Waals surface area contributed by atoms with Crippen molar-refractivity contribution >= 4 is 18.3 Å². The van der Waals surface area contributed by atoms with E-state index in [0.29, 0.717) is 5.92 Å². The van der Waals surface area contributed by atoms with Crippen LogP contribution in [0.25, 0.3) is 0 Å². The first-order valence-electron chi connectivity index (χ1n) is 5.19. The Morgan fingerprint density at radius 3 is 2.38 bits per heavy atom. The quantitative estimate of drug-likeness (QED) is 0.844. The smallest absolute Gasteiger partial charge is 0.233 e. The van der Waals surface area contributed by atoms with Gasteiger partial charge in [-0.3, -0.25) is 4.79 Å². The number of halogens is 1. The summed E-state index contributed by atoms with van der Waals surface area (Å²) in [7, 11) is 0. The third-order valence-corrected chi connectivity index (χ3v) is 2.65. The van der Waals surface area contributed by atoms with Crippen LogP contribution in [0.2, 0.25) is 0 Å². The number of amides is 1. The first-order valence-corrected chi connectivity index (χ1v) is 5.19. The van der Waals surface area contributed by atoms with Gasteiger partial charge in [0.1, 0.15) is 0 Å². The van der Waals surface area contributed by atoms with E-state index in [-0.39, 0.29) is 30.9 Å². The van der Waals surface area contributed by atoms with E-state index in [9.17, 15) is 4.79 Å². The van der Waals surface area contributed by atoms with Gasteiger partial charge in [0.05, 0.1) is 6.54 Å². The zero-order valence-electron chi connectivity index (χ0n) is 9.64. The molecule has 0 saturated carbocycles. The predicted molar refractivity (Wildman–Crippen MR) is 68.8 cm³/mol. The number of hydrogen-bond acceptors (Lipinski definition) is 2. The largest absolute Gasteiger partial charge is 0.352 e. The zero-order chi connectivity index (χ0) is 11.3. The summed E-state index contributed by atoms with van der Waals surface area (Å²) in [6, 6.07) is 10.2. The highest BCUT2D eigenvalue weighted by Crippen LogP contribution is 2.18. The fourth-order valence-corrected chi connectivity index (χ4v) is 1.48. The average Bonchev–Trinajstić information content (AvgIpc) is 2.29. The molecule has 0 aliphatic carbocycles. The van der Waals surface area contributed by atoms with Crippen molar-refractivity contribution < 1.29 is 4.79 Å². The fourth-order valence-electron chi connectivity index (χ4n) is 1.48. The van der Waals surface area contributed by atoms with Gasteiger partial charge < -0.3 is 11.1 Å². The summed E-state index contributed by atoms with van der Waals surface area (Å²) in [5.41, 5.74) is 6.47. The van der Waals surface area contributed by atoms with Crippen LogP contribution in [0.15, 0.2) is 30.3 Å². The maximum atomic E-state index is 11.1. The van der Waals surface area contributed by atoms with E-state index in [1.165, 1.54) is 5.56 Å². The highest BCUT2D eigenvalue weighted by molar-refractivity contribution is 5.85. The first-order chi connectivity index (χ1) is 7.15. The molecule has 1 aromatic carbocycles. The minimum Gasteiger partial charge on any atom is -0.352 e. The Balaban J connectivity index is 0.00000225. The second kappa shape index (κ2) is 7.25. The molecule has 16 heavy (non-hydrogen) atoms. The normalized spacial score (nSPS) is 13.4. The number of rotatable bonds is 4. The molecule has 0 aromatic heterocycles. The number of nitrogens with one attached hydrogen (secondary N) is 1. The summed E-state index contributed by atoms with van der Waals surface area (Å²) in [5, 5.41) is 2.86. The molecule has 1 amide bonds. The van der Waals surface area contributed by atoms with Crippen molar-refractivity contribution in [2.24, 2.45) is 5.73 Å². The molecule has 0 heterocycles. The molecule has 1 aromatic rings. The molecule has 0 bridgehead atoms. The predicted octanol–water partition coefficient (Wildman–Crippen LogP) is 1.68. The van der Waals surface area contributed by atoms with Gasteiger partial charge in [0, 0.05) is 12.0 Å². The second-order valence-corrected chi connectivity index (χ2v) is 3.76. The van der Waals surface area contributed by atoms with Crippen molar-refractivity contribution in [1.29, 1.82) is 0 Å². The molecule has 90 valence electrons. The minimum atomic E-state index is -0.106. The Morgan fingerprint density at radius 2 is 1.88 bits per heavy atom. The molecule has 0 aliphatic heterocycles. The Morgan fingerprint density at radius 1 is 1.31 bits per heavy atom. The molecule has 0 spiro atoms. The van der Waals surface area contributed by atoms with Crippen LogP contribution in [0.1, 0.15) is 25.3 Å². The zero-order valence-corrected chi connectivity index (χ0v) is 10.5. The van der Waals surface area contributed by atoms with Crippen molar-refractivity contribution in [2.75, 3.05) is 6.54 Å². The number of nitrogens with two attached hydrogens (primary N) is 1. The van der Waals surface area contributed by atoms with Crippen molar-refractivity contribution in [3.05, 3.63) is 35.9 Å². The van der Waals surface area contributed by atoms with Gasteiger partial charge in [0.2, 0.25) is 5.91 Å². The summed E-state index contributed by atoms with van der Waals surface area (Å²) in [4.78, 5) is 11.1. The van der Waals surface area contributed by atoms with Gasteiger partial charge in [-0.1, -0.05) is 37.3 Å². The molecule has 0 saturated heterocycles. The van der Waals surface area contributed by atoms with Crippen LogP contribution in [0.4, 0.5) is 0 Å². The molecule has 0 radical (unpaired) electrons. The van der Waals surface area contributed by atoms with E-state index in [4.69, 9.17) is 5.73 Å². The van der Waals surface area contributed by atoms with Gasteiger partial charge >= 0.3 is 0 Å². The molecule has 4 heteroatoms.